The number of benzene rings is 4. The van der Waals surface area contributed by atoms with Gasteiger partial charge in [-0.25, -0.2) is 4.79 Å². The molecule has 0 N–H and O–H groups in total. The number of hydrogen-bond acceptors (Lipinski definition) is 5. The molecule has 0 bridgehead atoms. The van der Waals surface area contributed by atoms with Crippen molar-refractivity contribution in [3.63, 3.8) is 0 Å². The molecule has 194 valence electrons. The zero-order valence-electron chi connectivity index (χ0n) is 21.0. The third-order valence-electron chi connectivity index (χ3n) is 6.74. The summed E-state index contributed by atoms with van der Waals surface area (Å²) in [6, 6.07) is 39.0. The summed E-state index contributed by atoms with van der Waals surface area (Å²) in [4.78, 5) is 12.8. The average molecular weight is 529 g/mol. The summed E-state index contributed by atoms with van der Waals surface area (Å²) >= 11 is 6.85. The number of ether oxygens (including phenoxy) is 4. The van der Waals surface area contributed by atoms with Crippen LogP contribution in [0.4, 0.5) is 0 Å². The number of esters is 1. The van der Waals surface area contributed by atoms with Crippen molar-refractivity contribution in [1.29, 1.82) is 0 Å². The van der Waals surface area contributed by atoms with E-state index >= 15 is 0 Å². The lowest BCUT2D eigenvalue weighted by Crippen LogP contribution is -2.39. The van der Waals surface area contributed by atoms with Gasteiger partial charge in [0.2, 0.25) is 0 Å². The van der Waals surface area contributed by atoms with Gasteiger partial charge in [-0.2, -0.15) is 0 Å². The van der Waals surface area contributed by atoms with E-state index in [0.717, 1.165) is 16.7 Å². The number of methoxy groups -OCH3 is 1. The van der Waals surface area contributed by atoms with Crippen LogP contribution in [-0.2, 0) is 24.5 Å². The molecule has 1 aliphatic heterocycles. The molecule has 0 amide bonds. The largest absolute Gasteiger partial charge is 0.452 e. The number of halogens is 1. The number of rotatable bonds is 9. The highest BCUT2D eigenvalue weighted by Crippen LogP contribution is 2.41. The molecule has 6 heteroatoms. The van der Waals surface area contributed by atoms with Crippen LogP contribution >= 0.6 is 11.6 Å². The first-order chi connectivity index (χ1) is 18.6. The molecule has 0 aromatic heterocycles. The maximum atomic E-state index is 12.8. The average Bonchev–Trinajstić information content (AvgIpc) is 3.29. The minimum Gasteiger partial charge on any atom is -0.452 e. The second-order valence-electron chi connectivity index (χ2n) is 9.05. The van der Waals surface area contributed by atoms with Gasteiger partial charge in [0.1, 0.15) is 17.1 Å². The Hall–Kier alpha value is -3.48. The van der Waals surface area contributed by atoms with Crippen LogP contribution in [-0.4, -0.2) is 43.6 Å². The molecule has 1 aliphatic rings. The first-order valence-corrected chi connectivity index (χ1v) is 13.0. The quantitative estimate of drug-likeness (QED) is 0.147. The molecule has 4 aromatic carbocycles. The van der Waals surface area contributed by atoms with E-state index in [4.69, 9.17) is 30.5 Å². The predicted molar refractivity (Wildman–Crippen MR) is 146 cm³/mol. The van der Waals surface area contributed by atoms with Gasteiger partial charge in [0.15, 0.2) is 12.4 Å². The van der Waals surface area contributed by atoms with Crippen molar-refractivity contribution in [3.05, 3.63) is 144 Å². The Balaban J connectivity index is 1.45. The van der Waals surface area contributed by atoms with E-state index in [1.807, 2.05) is 60.7 Å². The van der Waals surface area contributed by atoms with Gasteiger partial charge < -0.3 is 18.9 Å². The molecular weight excluding hydrogens is 500 g/mol. The Morgan fingerprint density at radius 1 is 0.763 bits per heavy atom. The van der Waals surface area contributed by atoms with E-state index in [1.165, 1.54) is 7.11 Å². The molecule has 4 atom stereocenters. The van der Waals surface area contributed by atoms with Gasteiger partial charge in [0, 0.05) is 7.11 Å². The van der Waals surface area contributed by atoms with Crippen LogP contribution in [0.3, 0.4) is 0 Å². The van der Waals surface area contributed by atoms with E-state index in [2.05, 4.69) is 36.4 Å². The third kappa shape index (κ3) is 5.24. The lowest BCUT2D eigenvalue weighted by molar-refractivity contribution is -0.163. The van der Waals surface area contributed by atoms with Gasteiger partial charge in [-0.05, 0) is 28.8 Å². The Bertz CT molecular complexity index is 1200. The second kappa shape index (κ2) is 11.9. The van der Waals surface area contributed by atoms with Gasteiger partial charge in [0.25, 0.3) is 0 Å². The van der Waals surface area contributed by atoms with E-state index in [1.54, 1.807) is 24.3 Å². The van der Waals surface area contributed by atoms with Crippen LogP contribution in [0.1, 0.15) is 27.0 Å². The van der Waals surface area contributed by atoms with Crippen molar-refractivity contribution < 1.29 is 23.7 Å². The zero-order valence-corrected chi connectivity index (χ0v) is 21.7. The first-order valence-electron chi connectivity index (χ1n) is 12.5. The van der Waals surface area contributed by atoms with Crippen molar-refractivity contribution in [3.8, 4) is 0 Å². The molecule has 1 saturated heterocycles. The van der Waals surface area contributed by atoms with Crippen molar-refractivity contribution in [1.82, 2.24) is 0 Å². The molecule has 5 nitrogen and oxygen atoms in total. The molecule has 1 fully saturated rings. The minimum absolute atomic E-state index is 0.131. The normalized spacial score (nSPS) is 21.2. The Kier molecular flexibility index (Phi) is 8.20. The fourth-order valence-corrected chi connectivity index (χ4v) is 5.17. The Morgan fingerprint density at radius 3 is 1.66 bits per heavy atom. The van der Waals surface area contributed by atoms with Crippen molar-refractivity contribution in [2.24, 2.45) is 0 Å². The predicted octanol–water partition coefficient (Wildman–Crippen LogP) is 6.20. The number of carbonyl (C=O) groups is 1. The van der Waals surface area contributed by atoms with Crippen LogP contribution in [0.15, 0.2) is 121 Å². The number of carbonyl (C=O) groups excluding carboxylic acids is 1. The van der Waals surface area contributed by atoms with E-state index in [0.29, 0.717) is 5.56 Å². The monoisotopic (exact) mass is 528 g/mol. The van der Waals surface area contributed by atoms with Gasteiger partial charge >= 0.3 is 5.97 Å². The maximum Gasteiger partial charge on any atom is 0.338 e. The Morgan fingerprint density at radius 2 is 1.21 bits per heavy atom. The third-order valence-corrected chi connectivity index (χ3v) is 7.27. The van der Waals surface area contributed by atoms with Crippen LogP contribution in [0.5, 0.6) is 0 Å². The summed E-state index contributed by atoms with van der Waals surface area (Å²) in [6.45, 7) is 0.131. The number of hydrogen-bond donors (Lipinski definition) is 0. The fraction of sp³-hybridized carbons (Fsp3) is 0.219. The molecule has 0 aliphatic carbocycles. The fourth-order valence-electron chi connectivity index (χ4n) is 4.87. The number of alkyl halides is 1. The molecule has 0 saturated carbocycles. The van der Waals surface area contributed by atoms with Crippen molar-refractivity contribution >= 4 is 17.6 Å². The van der Waals surface area contributed by atoms with Crippen LogP contribution in [0.2, 0.25) is 0 Å². The summed E-state index contributed by atoms with van der Waals surface area (Å²) < 4.78 is 24.2. The molecule has 5 rings (SSSR count). The zero-order chi connectivity index (χ0) is 26.4. The highest BCUT2D eigenvalue weighted by atomic mass is 35.5. The molecule has 0 unspecified atom stereocenters. The molecule has 1 heterocycles. The molecule has 0 spiro atoms. The van der Waals surface area contributed by atoms with E-state index in [-0.39, 0.29) is 6.61 Å². The molecular formula is C32H29ClO5. The van der Waals surface area contributed by atoms with Gasteiger partial charge in [-0.15, -0.1) is 11.6 Å². The summed E-state index contributed by atoms with van der Waals surface area (Å²) in [5.41, 5.74) is 2.42. The molecule has 0 radical (unpaired) electrons. The smallest absolute Gasteiger partial charge is 0.338 e. The maximum absolute atomic E-state index is 12.8. The summed E-state index contributed by atoms with van der Waals surface area (Å²) in [5.74, 6) is -0.485. The summed E-state index contributed by atoms with van der Waals surface area (Å²) in [5, 5.41) is -0.687. The second-order valence-corrected chi connectivity index (χ2v) is 9.55. The first kappa shape index (κ1) is 26.1. The van der Waals surface area contributed by atoms with Gasteiger partial charge in [-0.3, -0.25) is 0 Å². The van der Waals surface area contributed by atoms with E-state index < -0.39 is 35.4 Å². The van der Waals surface area contributed by atoms with Crippen LogP contribution in [0, 0.1) is 0 Å². The highest BCUT2D eigenvalue weighted by molar-refractivity contribution is 6.21. The van der Waals surface area contributed by atoms with Crippen molar-refractivity contribution in [2.75, 3.05) is 13.7 Å². The lowest BCUT2D eigenvalue weighted by atomic mass is 9.80. The van der Waals surface area contributed by atoms with E-state index in [9.17, 15) is 4.79 Å². The topological polar surface area (TPSA) is 54.0 Å². The van der Waals surface area contributed by atoms with Gasteiger partial charge in [-0.1, -0.05) is 109 Å². The SMILES string of the molecule is CO[C@@H]1O[C@H](COC(c2ccccc2)(c2ccccc2)c2ccccc2)[C@H](Cl)[C@H]1OC(=O)c1ccccc1. The van der Waals surface area contributed by atoms with Crippen LogP contribution in [0.25, 0.3) is 0 Å². The Labute approximate surface area is 227 Å². The lowest BCUT2D eigenvalue weighted by Gasteiger charge is -2.37. The van der Waals surface area contributed by atoms with Gasteiger partial charge in [0.05, 0.1) is 12.2 Å². The summed E-state index contributed by atoms with van der Waals surface area (Å²) in [6.07, 6.45) is -2.22. The summed E-state index contributed by atoms with van der Waals surface area (Å²) in [7, 11) is 1.50. The standard InChI is InChI=1S/C32H29ClO5/c1-35-31-29(38-30(34)23-14-6-2-7-15-23)28(33)27(37-31)22-36-32(24-16-8-3-9-17-24,25-18-10-4-11-19-25)26-20-12-5-13-21-26/h2-21,27-29,31H,22H2,1H3/t27-,28+,29-,31-/m1/s1. The van der Waals surface area contributed by atoms with Crippen LogP contribution < -0.4 is 0 Å². The minimum atomic E-state index is -0.925. The van der Waals surface area contributed by atoms with Crippen molar-refractivity contribution in [2.45, 2.75) is 29.5 Å². The molecule has 4 aromatic rings. The molecule has 38 heavy (non-hydrogen) atoms. The highest BCUT2D eigenvalue weighted by Gasteiger charge is 2.48.